The Morgan fingerprint density at radius 2 is 2.11 bits per heavy atom. The molecule has 1 N–H and O–H groups in total. The normalized spacial score (nSPS) is 26.3. The van der Waals surface area contributed by atoms with E-state index in [1.807, 2.05) is 0 Å². The van der Waals surface area contributed by atoms with Crippen LogP contribution in [-0.4, -0.2) is 46.2 Å². The summed E-state index contributed by atoms with van der Waals surface area (Å²) in [6.07, 6.45) is 7.26. The van der Waals surface area contributed by atoms with E-state index in [0.29, 0.717) is 12.0 Å². The number of ether oxygens (including phenoxy) is 1. The molecule has 0 aromatic rings. The average Bonchev–Trinajstić information content (AvgIpc) is 2.38. The van der Waals surface area contributed by atoms with Crippen LogP contribution < -0.4 is 5.32 Å². The minimum absolute atomic E-state index is 0.139. The van der Waals surface area contributed by atoms with Gasteiger partial charge in [-0.25, -0.2) is 8.42 Å². The molecule has 4 nitrogen and oxygen atoms in total. The van der Waals surface area contributed by atoms with Crippen LogP contribution in [0.15, 0.2) is 0 Å². The Kier molecular flexibility index (Phi) is 7.32. The summed E-state index contributed by atoms with van der Waals surface area (Å²) in [6, 6.07) is 0.393. The van der Waals surface area contributed by atoms with Crippen molar-refractivity contribution < 1.29 is 13.2 Å². The van der Waals surface area contributed by atoms with E-state index in [0.717, 1.165) is 51.7 Å². The Morgan fingerprint density at radius 1 is 1.37 bits per heavy atom. The van der Waals surface area contributed by atoms with Crippen molar-refractivity contribution in [3.05, 3.63) is 0 Å². The molecule has 1 aliphatic carbocycles. The summed E-state index contributed by atoms with van der Waals surface area (Å²) in [4.78, 5) is 0. The second-order valence-electron chi connectivity index (χ2n) is 5.72. The summed E-state index contributed by atoms with van der Waals surface area (Å²) < 4.78 is 28.7. The Labute approximate surface area is 118 Å². The van der Waals surface area contributed by atoms with E-state index in [9.17, 15) is 8.42 Å². The van der Waals surface area contributed by atoms with Crippen molar-refractivity contribution in [1.29, 1.82) is 0 Å². The topological polar surface area (TPSA) is 55.4 Å². The highest BCUT2D eigenvalue weighted by Gasteiger charge is 2.32. The molecule has 0 aromatic carbocycles. The number of methoxy groups -OCH3 is 1. The second-order valence-corrected chi connectivity index (χ2v) is 8.05. The smallest absolute Gasteiger partial charge is 0.150 e. The van der Waals surface area contributed by atoms with Crippen LogP contribution in [0.2, 0.25) is 0 Å². The van der Waals surface area contributed by atoms with Gasteiger partial charge in [0.2, 0.25) is 0 Å². The number of nitrogens with one attached hydrogen (secondary N) is 1. The monoisotopic (exact) mass is 291 g/mol. The minimum Gasteiger partial charge on any atom is -0.385 e. The molecule has 1 rings (SSSR count). The van der Waals surface area contributed by atoms with Crippen LogP contribution >= 0.6 is 0 Å². The predicted molar refractivity (Wildman–Crippen MR) is 79.2 cm³/mol. The summed E-state index contributed by atoms with van der Waals surface area (Å²) in [5.74, 6) is 0.468. The lowest BCUT2D eigenvalue weighted by molar-refractivity contribution is 0.160. The molecule has 0 aromatic heterocycles. The lowest BCUT2D eigenvalue weighted by atomic mass is 9.82. The summed E-state index contributed by atoms with van der Waals surface area (Å²) in [5.41, 5.74) is 0. The van der Waals surface area contributed by atoms with Gasteiger partial charge >= 0.3 is 0 Å². The molecule has 1 saturated carbocycles. The van der Waals surface area contributed by atoms with Crippen molar-refractivity contribution in [3.63, 3.8) is 0 Å². The fraction of sp³-hybridized carbons (Fsp3) is 1.00. The molecular formula is C14H29NO3S. The minimum atomic E-state index is -2.89. The Bertz CT molecular complexity index is 335. The molecular weight excluding hydrogens is 262 g/mol. The summed E-state index contributed by atoms with van der Waals surface area (Å²) in [7, 11) is -1.17. The molecule has 19 heavy (non-hydrogen) atoms. The van der Waals surface area contributed by atoms with Crippen LogP contribution in [-0.2, 0) is 14.6 Å². The zero-order chi connectivity index (χ0) is 14.3. The van der Waals surface area contributed by atoms with Gasteiger partial charge in [-0.2, -0.15) is 0 Å². The molecule has 0 radical (unpaired) electrons. The Hall–Kier alpha value is -0.130. The van der Waals surface area contributed by atoms with Crippen molar-refractivity contribution in [2.75, 3.05) is 26.5 Å². The maximum atomic E-state index is 11.7. The summed E-state index contributed by atoms with van der Waals surface area (Å²) in [6.45, 7) is 3.89. The highest BCUT2D eigenvalue weighted by molar-refractivity contribution is 7.91. The SMILES string of the molecule is CCCNC(CCOC)C1CCCC(S(C)(=O)=O)C1. The van der Waals surface area contributed by atoms with Gasteiger partial charge in [-0.3, -0.25) is 0 Å². The van der Waals surface area contributed by atoms with Crippen LogP contribution in [0.3, 0.4) is 0 Å². The van der Waals surface area contributed by atoms with Crippen molar-refractivity contribution in [1.82, 2.24) is 5.32 Å². The first kappa shape index (κ1) is 16.9. The van der Waals surface area contributed by atoms with Gasteiger partial charge in [-0.05, 0) is 44.6 Å². The van der Waals surface area contributed by atoms with E-state index >= 15 is 0 Å². The Morgan fingerprint density at radius 3 is 2.68 bits per heavy atom. The first-order valence-corrected chi connectivity index (χ1v) is 9.35. The zero-order valence-corrected chi connectivity index (χ0v) is 13.3. The van der Waals surface area contributed by atoms with E-state index < -0.39 is 9.84 Å². The van der Waals surface area contributed by atoms with Gasteiger partial charge in [-0.15, -0.1) is 0 Å². The maximum Gasteiger partial charge on any atom is 0.150 e. The van der Waals surface area contributed by atoms with E-state index in [-0.39, 0.29) is 5.25 Å². The van der Waals surface area contributed by atoms with Gasteiger partial charge in [0, 0.05) is 26.0 Å². The molecule has 3 atom stereocenters. The van der Waals surface area contributed by atoms with Crippen molar-refractivity contribution in [3.8, 4) is 0 Å². The van der Waals surface area contributed by atoms with Gasteiger partial charge in [0.25, 0.3) is 0 Å². The third-order valence-corrected chi connectivity index (χ3v) is 5.77. The molecule has 5 heteroatoms. The summed E-state index contributed by atoms with van der Waals surface area (Å²) >= 11 is 0. The van der Waals surface area contributed by atoms with Crippen molar-refractivity contribution >= 4 is 9.84 Å². The van der Waals surface area contributed by atoms with E-state index in [1.54, 1.807) is 7.11 Å². The standard InChI is InChI=1S/C14H29NO3S/c1-4-9-15-14(8-10-18-2)12-6-5-7-13(11-12)19(3,16)17/h12-15H,4-11H2,1-3H3. The highest BCUT2D eigenvalue weighted by Crippen LogP contribution is 2.31. The molecule has 1 aliphatic rings. The van der Waals surface area contributed by atoms with Gasteiger partial charge in [0.05, 0.1) is 5.25 Å². The van der Waals surface area contributed by atoms with E-state index in [2.05, 4.69) is 12.2 Å². The fourth-order valence-electron chi connectivity index (χ4n) is 3.01. The van der Waals surface area contributed by atoms with Gasteiger partial charge < -0.3 is 10.1 Å². The van der Waals surface area contributed by atoms with Crippen LogP contribution in [0.1, 0.15) is 45.4 Å². The molecule has 3 unspecified atom stereocenters. The van der Waals surface area contributed by atoms with Crippen LogP contribution in [0.4, 0.5) is 0 Å². The molecule has 0 amide bonds. The molecule has 0 heterocycles. The number of sulfone groups is 1. The van der Waals surface area contributed by atoms with Gasteiger partial charge in [0.1, 0.15) is 9.84 Å². The lowest BCUT2D eigenvalue weighted by Gasteiger charge is -2.34. The third-order valence-electron chi connectivity index (χ3n) is 4.13. The third kappa shape index (κ3) is 5.79. The molecule has 114 valence electrons. The fourth-order valence-corrected chi connectivity index (χ4v) is 4.21. The van der Waals surface area contributed by atoms with Crippen LogP contribution in [0.25, 0.3) is 0 Å². The highest BCUT2D eigenvalue weighted by atomic mass is 32.2. The Balaban J connectivity index is 2.61. The largest absolute Gasteiger partial charge is 0.385 e. The van der Waals surface area contributed by atoms with Crippen LogP contribution in [0, 0.1) is 5.92 Å². The van der Waals surface area contributed by atoms with Crippen molar-refractivity contribution in [2.24, 2.45) is 5.92 Å². The quantitative estimate of drug-likeness (QED) is 0.743. The maximum absolute atomic E-state index is 11.7. The predicted octanol–water partition coefficient (Wildman–Crippen LogP) is 1.99. The zero-order valence-electron chi connectivity index (χ0n) is 12.5. The molecule has 0 bridgehead atoms. The number of hydrogen-bond acceptors (Lipinski definition) is 4. The number of hydrogen-bond donors (Lipinski definition) is 1. The van der Waals surface area contributed by atoms with Crippen LogP contribution in [0.5, 0.6) is 0 Å². The van der Waals surface area contributed by atoms with E-state index in [1.165, 1.54) is 6.26 Å². The molecule has 1 fully saturated rings. The second kappa shape index (κ2) is 8.22. The molecule has 0 aliphatic heterocycles. The lowest BCUT2D eigenvalue weighted by Crippen LogP contribution is -2.42. The van der Waals surface area contributed by atoms with E-state index in [4.69, 9.17) is 4.74 Å². The van der Waals surface area contributed by atoms with Gasteiger partial charge in [-0.1, -0.05) is 13.3 Å². The first-order valence-electron chi connectivity index (χ1n) is 7.40. The molecule has 0 spiro atoms. The first-order chi connectivity index (χ1) is 8.99. The van der Waals surface area contributed by atoms with Crippen molar-refractivity contribution in [2.45, 2.75) is 56.7 Å². The molecule has 0 saturated heterocycles. The average molecular weight is 291 g/mol. The van der Waals surface area contributed by atoms with Gasteiger partial charge in [0.15, 0.2) is 0 Å². The summed E-state index contributed by atoms with van der Waals surface area (Å²) in [5, 5.41) is 3.43. The number of rotatable bonds is 8.